The topological polar surface area (TPSA) is 30.5 Å². The molecular formula is C13H18ClNO2. The van der Waals surface area contributed by atoms with Gasteiger partial charge in [-0.1, -0.05) is 17.7 Å². The van der Waals surface area contributed by atoms with E-state index < -0.39 is 0 Å². The van der Waals surface area contributed by atoms with E-state index in [1.54, 1.807) is 0 Å². The van der Waals surface area contributed by atoms with Crippen LogP contribution in [0.3, 0.4) is 0 Å². The molecule has 2 rings (SSSR count). The number of halogens is 1. The van der Waals surface area contributed by atoms with Gasteiger partial charge in [0.2, 0.25) is 0 Å². The van der Waals surface area contributed by atoms with Gasteiger partial charge in [-0.15, -0.1) is 0 Å². The normalized spacial score (nSPS) is 24.6. The van der Waals surface area contributed by atoms with E-state index in [1.165, 1.54) is 0 Å². The highest BCUT2D eigenvalue weighted by molar-refractivity contribution is 6.32. The summed E-state index contributed by atoms with van der Waals surface area (Å²) in [6, 6.07) is 5.77. The van der Waals surface area contributed by atoms with Crippen LogP contribution in [-0.2, 0) is 4.74 Å². The summed E-state index contributed by atoms with van der Waals surface area (Å²) < 4.78 is 11.5. The molecule has 1 aliphatic heterocycles. The van der Waals surface area contributed by atoms with Crippen molar-refractivity contribution in [3.8, 4) is 5.75 Å². The molecule has 2 unspecified atom stereocenters. The first-order chi connectivity index (χ1) is 8.15. The van der Waals surface area contributed by atoms with E-state index >= 15 is 0 Å². The molecule has 0 aromatic heterocycles. The van der Waals surface area contributed by atoms with Crippen LogP contribution in [0.4, 0.5) is 0 Å². The largest absolute Gasteiger partial charge is 0.489 e. The van der Waals surface area contributed by atoms with E-state index in [4.69, 9.17) is 21.1 Å². The highest BCUT2D eigenvalue weighted by atomic mass is 35.5. The number of hydrogen-bond donors (Lipinski definition) is 1. The first-order valence-electron chi connectivity index (χ1n) is 5.90. The molecule has 1 heterocycles. The lowest BCUT2D eigenvalue weighted by Crippen LogP contribution is -2.45. The second kappa shape index (κ2) is 5.71. The summed E-state index contributed by atoms with van der Waals surface area (Å²) in [5.74, 6) is 0.730. The van der Waals surface area contributed by atoms with Gasteiger partial charge in [-0.3, -0.25) is 0 Å². The molecule has 1 fully saturated rings. The van der Waals surface area contributed by atoms with E-state index in [-0.39, 0.29) is 12.2 Å². The SMILES string of the molecule is Cc1ccc(Cl)c(OCC2CNCC(C)O2)c1. The van der Waals surface area contributed by atoms with Gasteiger partial charge in [0.25, 0.3) is 0 Å². The van der Waals surface area contributed by atoms with Gasteiger partial charge in [-0.05, 0) is 31.5 Å². The standard InChI is InChI=1S/C13H18ClNO2/c1-9-3-4-12(14)13(5-9)16-8-11-7-15-6-10(2)17-11/h3-5,10-11,15H,6-8H2,1-2H3. The van der Waals surface area contributed by atoms with Gasteiger partial charge in [0, 0.05) is 13.1 Å². The third kappa shape index (κ3) is 3.60. The van der Waals surface area contributed by atoms with Gasteiger partial charge in [0.15, 0.2) is 0 Å². The Kier molecular flexibility index (Phi) is 4.26. The first kappa shape index (κ1) is 12.7. The van der Waals surface area contributed by atoms with Crippen LogP contribution in [0.15, 0.2) is 18.2 Å². The minimum Gasteiger partial charge on any atom is -0.489 e. The summed E-state index contributed by atoms with van der Waals surface area (Å²) in [5.41, 5.74) is 1.14. The molecule has 1 saturated heterocycles. The van der Waals surface area contributed by atoms with Crippen LogP contribution >= 0.6 is 11.6 Å². The Morgan fingerprint density at radius 3 is 3.06 bits per heavy atom. The molecule has 1 aliphatic rings. The maximum atomic E-state index is 6.06. The lowest BCUT2D eigenvalue weighted by molar-refractivity contribution is -0.0470. The first-order valence-corrected chi connectivity index (χ1v) is 6.28. The molecule has 94 valence electrons. The number of ether oxygens (including phenoxy) is 2. The molecule has 4 heteroatoms. The van der Waals surface area contributed by atoms with E-state index in [0.29, 0.717) is 11.6 Å². The van der Waals surface area contributed by atoms with Gasteiger partial charge < -0.3 is 14.8 Å². The minimum absolute atomic E-state index is 0.0929. The van der Waals surface area contributed by atoms with Crippen LogP contribution < -0.4 is 10.1 Å². The molecule has 1 N–H and O–H groups in total. The lowest BCUT2D eigenvalue weighted by Gasteiger charge is -2.28. The summed E-state index contributed by atoms with van der Waals surface area (Å²) in [7, 11) is 0. The Labute approximate surface area is 107 Å². The fourth-order valence-electron chi connectivity index (χ4n) is 1.87. The van der Waals surface area contributed by atoms with Crippen molar-refractivity contribution in [3.05, 3.63) is 28.8 Å². The highest BCUT2D eigenvalue weighted by Gasteiger charge is 2.19. The molecule has 1 aromatic carbocycles. The molecule has 2 atom stereocenters. The van der Waals surface area contributed by atoms with Crippen LogP contribution in [0, 0.1) is 6.92 Å². The minimum atomic E-state index is 0.0929. The molecule has 0 bridgehead atoms. The summed E-state index contributed by atoms with van der Waals surface area (Å²) in [6.07, 6.45) is 0.334. The second-order valence-electron chi connectivity index (χ2n) is 4.47. The molecular weight excluding hydrogens is 238 g/mol. The zero-order valence-corrected chi connectivity index (χ0v) is 11.0. The van der Waals surface area contributed by atoms with Crippen molar-refractivity contribution in [3.63, 3.8) is 0 Å². The molecule has 0 amide bonds. The average molecular weight is 256 g/mol. The predicted octanol–water partition coefficient (Wildman–Crippen LogP) is 2.40. The van der Waals surface area contributed by atoms with Crippen LogP contribution in [-0.4, -0.2) is 31.9 Å². The number of aryl methyl sites for hydroxylation is 1. The monoisotopic (exact) mass is 255 g/mol. The summed E-state index contributed by atoms with van der Waals surface area (Å²) in [6.45, 7) is 6.33. The smallest absolute Gasteiger partial charge is 0.138 e. The third-order valence-electron chi connectivity index (χ3n) is 2.74. The van der Waals surface area contributed by atoms with E-state index in [0.717, 1.165) is 24.4 Å². The quantitative estimate of drug-likeness (QED) is 0.900. The van der Waals surface area contributed by atoms with Gasteiger partial charge >= 0.3 is 0 Å². The van der Waals surface area contributed by atoms with Crippen molar-refractivity contribution >= 4 is 11.6 Å². The molecule has 0 radical (unpaired) electrons. The molecule has 3 nitrogen and oxygen atoms in total. The van der Waals surface area contributed by atoms with Crippen molar-refractivity contribution in [1.29, 1.82) is 0 Å². The molecule has 17 heavy (non-hydrogen) atoms. The second-order valence-corrected chi connectivity index (χ2v) is 4.88. The van der Waals surface area contributed by atoms with E-state index in [9.17, 15) is 0 Å². The predicted molar refractivity (Wildman–Crippen MR) is 68.9 cm³/mol. The third-order valence-corrected chi connectivity index (χ3v) is 3.05. The van der Waals surface area contributed by atoms with Crippen molar-refractivity contribution in [1.82, 2.24) is 5.32 Å². The Balaban J connectivity index is 1.90. The zero-order valence-electron chi connectivity index (χ0n) is 10.2. The Morgan fingerprint density at radius 1 is 1.47 bits per heavy atom. The van der Waals surface area contributed by atoms with Gasteiger partial charge in [-0.25, -0.2) is 0 Å². The van der Waals surface area contributed by atoms with E-state index in [1.807, 2.05) is 25.1 Å². The van der Waals surface area contributed by atoms with Crippen molar-refractivity contribution in [2.24, 2.45) is 0 Å². The Hall–Kier alpha value is -0.770. The van der Waals surface area contributed by atoms with Crippen LogP contribution in [0.2, 0.25) is 5.02 Å². The van der Waals surface area contributed by atoms with Crippen molar-refractivity contribution < 1.29 is 9.47 Å². The fourth-order valence-corrected chi connectivity index (χ4v) is 2.05. The summed E-state index contributed by atoms with van der Waals surface area (Å²) in [4.78, 5) is 0. The average Bonchev–Trinajstić information content (AvgIpc) is 2.30. The maximum Gasteiger partial charge on any atom is 0.138 e. The van der Waals surface area contributed by atoms with Gasteiger partial charge in [0.1, 0.15) is 18.5 Å². The Morgan fingerprint density at radius 2 is 2.29 bits per heavy atom. The molecule has 0 aliphatic carbocycles. The number of rotatable bonds is 3. The molecule has 1 aromatic rings. The number of nitrogens with one attached hydrogen (secondary N) is 1. The van der Waals surface area contributed by atoms with Crippen molar-refractivity contribution in [2.45, 2.75) is 26.1 Å². The summed E-state index contributed by atoms with van der Waals surface area (Å²) >= 11 is 6.06. The van der Waals surface area contributed by atoms with E-state index in [2.05, 4.69) is 12.2 Å². The van der Waals surface area contributed by atoms with Crippen LogP contribution in [0.1, 0.15) is 12.5 Å². The van der Waals surface area contributed by atoms with Crippen LogP contribution in [0.25, 0.3) is 0 Å². The van der Waals surface area contributed by atoms with Crippen molar-refractivity contribution in [2.75, 3.05) is 19.7 Å². The fraction of sp³-hybridized carbons (Fsp3) is 0.538. The number of hydrogen-bond acceptors (Lipinski definition) is 3. The number of benzene rings is 1. The molecule has 0 saturated carbocycles. The Bertz CT molecular complexity index is 384. The summed E-state index contributed by atoms with van der Waals surface area (Å²) in [5, 5.41) is 3.95. The number of morpholine rings is 1. The highest BCUT2D eigenvalue weighted by Crippen LogP contribution is 2.25. The van der Waals surface area contributed by atoms with Crippen LogP contribution in [0.5, 0.6) is 5.75 Å². The van der Waals surface area contributed by atoms with Gasteiger partial charge in [-0.2, -0.15) is 0 Å². The molecule has 0 spiro atoms. The maximum absolute atomic E-state index is 6.06. The lowest BCUT2D eigenvalue weighted by atomic mass is 10.2. The van der Waals surface area contributed by atoms with Gasteiger partial charge in [0.05, 0.1) is 11.1 Å². The zero-order chi connectivity index (χ0) is 12.3.